The molecule has 5 nitrogen and oxygen atoms in total. The Kier molecular flexibility index (Phi) is 4.15. The SMILES string of the molecule is Cc1nc(NCC2(CF)CC23CCOCC3)cc(-c2ccccn2)n1. The minimum absolute atomic E-state index is 0.110. The number of aromatic nitrogens is 3. The van der Waals surface area contributed by atoms with Crippen molar-refractivity contribution in [2.24, 2.45) is 10.8 Å². The highest BCUT2D eigenvalue weighted by atomic mass is 19.1. The lowest BCUT2D eigenvalue weighted by Crippen LogP contribution is -2.30. The lowest BCUT2D eigenvalue weighted by molar-refractivity contribution is 0.0391. The first-order chi connectivity index (χ1) is 12.2. The topological polar surface area (TPSA) is 59.9 Å². The summed E-state index contributed by atoms with van der Waals surface area (Å²) < 4.78 is 19.3. The number of alkyl halides is 1. The summed E-state index contributed by atoms with van der Waals surface area (Å²) in [6.45, 7) is 3.66. The van der Waals surface area contributed by atoms with Gasteiger partial charge in [-0.05, 0) is 43.7 Å². The Bertz CT molecular complexity index is 748. The molecule has 1 saturated carbocycles. The Labute approximate surface area is 147 Å². The normalized spacial score (nSPS) is 24.2. The quantitative estimate of drug-likeness (QED) is 0.902. The van der Waals surface area contributed by atoms with Crippen LogP contribution in [0.15, 0.2) is 30.5 Å². The third-order valence-electron chi connectivity index (χ3n) is 5.76. The summed E-state index contributed by atoms with van der Waals surface area (Å²) in [5.74, 6) is 1.41. The van der Waals surface area contributed by atoms with Gasteiger partial charge in [-0.1, -0.05) is 6.07 Å². The van der Waals surface area contributed by atoms with Crippen molar-refractivity contribution in [3.05, 3.63) is 36.3 Å². The highest BCUT2D eigenvalue weighted by molar-refractivity contribution is 5.58. The summed E-state index contributed by atoms with van der Waals surface area (Å²) in [4.78, 5) is 13.3. The number of rotatable bonds is 5. The second kappa shape index (κ2) is 6.33. The lowest BCUT2D eigenvalue weighted by Gasteiger charge is -2.28. The first-order valence-electron chi connectivity index (χ1n) is 8.81. The minimum Gasteiger partial charge on any atom is -0.381 e. The Morgan fingerprint density at radius 3 is 2.76 bits per heavy atom. The summed E-state index contributed by atoms with van der Waals surface area (Å²) in [7, 11) is 0. The second-order valence-corrected chi connectivity index (χ2v) is 7.24. The Hall–Kier alpha value is -2.08. The molecule has 1 spiro atoms. The van der Waals surface area contributed by atoms with Gasteiger partial charge in [0, 0.05) is 37.4 Å². The van der Waals surface area contributed by atoms with E-state index in [0.717, 1.165) is 49.7 Å². The van der Waals surface area contributed by atoms with Gasteiger partial charge < -0.3 is 10.1 Å². The fourth-order valence-electron chi connectivity index (χ4n) is 4.12. The van der Waals surface area contributed by atoms with Gasteiger partial charge in [-0.15, -0.1) is 0 Å². The van der Waals surface area contributed by atoms with Crippen LogP contribution in [0.25, 0.3) is 11.4 Å². The smallest absolute Gasteiger partial charge is 0.130 e. The predicted molar refractivity (Wildman–Crippen MR) is 94.0 cm³/mol. The Morgan fingerprint density at radius 1 is 1.20 bits per heavy atom. The average molecular weight is 342 g/mol. The molecule has 2 fully saturated rings. The van der Waals surface area contributed by atoms with E-state index in [9.17, 15) is 4.39 Å². The zero-order valence-electron chi connectivity index (χ0n) is 14.5. The first kappa shape index (κ1) is 16.4. The molecule has 0 aromatic carbocycles. The van der Waals surface area contributed by atoms with E-state index in [1.807, 2.05) is 31.2 Å². The number of halogens is 1. The maximum absolute atomic E-state index is 13.9. The molecule has 0 amide bonds. The second-order valence-electron chi connectivity index (χ2n) is 7.24. The predicted octanol–water partition coefficient (Wildman–Crippen LogP) is 3.42. The molecule has 4 rings (SSSR count). The molecular formula is C19H23FN4O. The third-order valence-corrected chi connectivity index (χ3v) is 5.76. The molecule has 2 aliphatic rings. The van der Waals surface area contributed by atoms with Crippen molar-refractivity contribution < 1.29 is 9.13 Å². The van der Waals surface area contributed by atoms with E-state index < -0.39 is 0 Å². The molecule has 1 atom stereocenters. The molecule has 2 aromatic rings. The maximum atomic E-state index is 13.9. The van der Waals surface area contributed by atoms with Gasteiger partial charge in [0.2, 0.25) is 0 Å². The number of hydrogen-bond donors (Lipinski definition) is 1. The van der Waals surface area contributed by atoms with E-state index in [2.05, 4.69) is 20.3 Å². The molecular weight excluding hydrogens is 319 g/mol. The van der Waals surface area contributed by atoms with E-state index in [1.54, 1.807) is 6.20 Å². The van der Waals surface area contributed by atoms with Crippen molar-refractivity contribution >= 4 is 5.82 Å². The van der Waals surface area contributed by atoms with Crippen LogP contribution in [0.3, 0.4) is 0 Å². The van der Waals surface area contributed by atoms with Crippen LogP contribution in [0.1, 0.15) is 25.1 Å². The van der Waals surface area contributed by atoms with Gasteiger partial charge in [-0.3, -0.25) is 9.37 Å². The minimum atomic E-state index is -0.294. The van der Waals surface area contributed by atoms with Crippen molar-refractivity contribution in [3.63, 3.8) is 0 Å². The summed E-state index contributed by atoms with van der Waals surface area (Å²) in [5.41, 5.74) is 1.42. The van der Waals surface area contributed by atoms with Crippen LogP contribution in [-0.4, -0.2) is 41.4 Å². The van der Waals surface area contributed by atoms with Crippen LogP contribution >= 0.6 is 0 Å². The molecule has 1 aliphatic heterocycles. The average Bonchev–Trinajstić information content (AvgIpc) is 3.27. The maximum Gasteiger partial charge on any atom is 0.130 e. The molecule has 132 valence electrons. The number of ether oxygens (including phenoxy) is 1. The fourth-order valence-corrected chi connectivity index (χ4v) is 4.12. The zero-order valence-corrected chi connectivity index (χ0v) is 14.5. The van der Waals surface area contributed by atoms with Gasteiger partial charge in [0.05, 0.1) is 18.1 Å². The summed E-state index contributed by atoms with van der Waals surface area (Å²) in [6, 6.07) is 7.62. The number of pyridine rings is 1. The highest BCUT2D eigenvalue weighted by Gasteiger charge is 2.66. The van der Waals surface area contributed by atoms with Crippen LogP contribution in [-0.2, 0) is 4.74 Å². The van der Waals surface area contributed by atoms with Crippen LogP contribution < -0.4 is 5.32 Å². The van der Waals surface area contributed by atoms with Gasteiger partial charge in [-0.25, -0.2) is 9.97 Å². The van der Waals surface area contributed by atoms with Crippen LogP contribution in [0, 0.1) is 17.8 Å². The fraction of sp³-hybridized carbons (Fsp3) is 0.526. The number of hydrogen-bond acceptors (Lipinski definition) is 5. The number of nitrogens with zero attached hydrogens (tertiary/aromatic N) is 3. The van der Waals surface area contributed by atoms with E-state index >= 15 is 0 Å². The molecule has 1 aliphatic carbocycles. The summed E-state index contributed by atoms with van der Waals surface area (Å²) in [5, 5.41) is 3.36. The molecule has 2 aromatic heterocycles. The van der Waals surface area contributed by atoms with Gasteiger partial charge in [0.1, 0.15) is 11.6 Å². The van der Waals surface area contributed by atoms with Crippen LogP contribution in [0.5, 0.6) is 0 Å². The first-order valence-corrected chi connectivity index (χ1v) is 8.81. The number of nitrogens with one attached hydrogen (secondary N) is 1. The summed E-state index contributed by atoms with van der Waals surface area (Å²) in [6.07, 6.45) is 4.60. The molecule has 1 unspecified atom stereocenters. The van der Waals surface area contributed by atoms with Crippen molar-refractivity contribution in [2.45, 2.75) is 26.2 Å². The van der Waals surface area contributed by atoms with Crippen molar-refractivity contribution in [3.8, 4) is 11.4 Å². The Balaban J connectivity index is 1.51. The standard InChI is InChI=1S/C19H23FN4O/c1-14-23-16(15-4-2-3-7-21-15)10-17(24-14)22-13-19(12-20)11-18(19)5-8-25-9-6-18/h2-4,7,10H,5-6,8-9,11-13H2,1H3,(H,22,23,24). The monoisotopic (exact) mass is 342 g/mol. The van der Waals surface area contributed by atoms with E-state index in [-0.39, 0.29) is 17.5 Å². The third kappa shape index (κ3) is 2.99. The molecule has 1 saturated heterocycles. The number of aryl methyl sites for hydroxylation is 1. The van der Waals surface area contributed by atoms with E-state index in [0.29, 0.717) is 12.4 Å². The number of anilines is 1. The van der Waals surface area contributed by atoms with Crippen molar-refractivity contribution in [1.29, 1.82) is 0 Å². The summed E-state index contributed by atoms with van der Waals surface area (Å²) >= 11 is 0. The molecule has 6 heteroatoms. The van der Waals surface area contributed by atoms with Crippen LogP contribution in [0.2, 0.25) is 0 Å². The largest absolute Gasteiger partial charge is 0.381 e. The van der Waals surface area contributed by atoms with E-state index in [1.165, 1.54) is 0 Å². The molecule has 1 N–H and O–H groups in total. The Morgan fingerprint density at radius 2 is 2.04 bits per heavy atom. The van der Waals surface area contributed by atoms with Crippen molar-refractivity contribution in [1.82, 2.24) is 15.0 Å². The van der Waals surface area contributed by atoms with Gasteiger partial charge in [-0.2, -0.15) is 0 Å². The highest BCUT2D eigenvalue weighted by Crippen LogP contribution is 2.68. The van der Waals surface area contributed by atoms with Gasteiger partial charge in [0.15, 0.2) is 0 Å². The van der Waals surface area contributed by atoms with Gasteiger partial charge in [0.25, 0.3) is 0 Å². The molecule has 0 radical (unpaired) electrons. The van der Waals surface area contributed by atoms with Gasteiger partial charge >= 0.3 is 0 Å². The van der Waals surface area contributed by atoms with E-state index in [4.69, 9.17) is 4.74 Å². The molecule has 3 heterocycles. The molecule has 0 bridgehead atoms. The molecule has 25 heavy (non-hydrogen) atoms. The zero-order chi connectivity index (χ0) is 17.3. The lowest BCUT2D eigenvalue weighted by atomic mass is 9.86. The van der Waals surface area contributed by atoms with Crippen LogP contribution in [0.4, 0.5) is 10.2 Å². The van der Waals surface area contributed by atoms with Crippen molar-refractivity contribution in [2.75, 3.05) is 31.7 Å².